The Kier molecular flexibility index (Phi) is 4.54. The van der Waals surface area contributed by atoms with Gasteiger partial charge in [0.05, 0.1) is 19.1 Å². The minimum atomic E-state index is -3.30. The summed E-state index contributed by atoms with van der Waals surface area (Å²) in [5.74, 6) is 0.508. The van der Waals surface area contributed by atoms with Crippen molar-refractivity contribution in [2.24, 2.45) is 0 Å². The van der Waals surface area contributed by atoms with E-state index in [2.05, 4.69) is 16.6 Å². The van der Waals surface area contributed by atoms with Gasteiger partial charge in [0.1, 0.15) is 11.4 Å². The molecule has 0 atom stereocenters. The summed E-state index contributed by atoms with van der Waals surface area (Å²) in [6.45, 7) is 2.63. The van der Waals surface area contributed by atoms with Crippen molar-refractivity contribution in [2.75, 3.05) is 17.6 Å². The first kappa shape index (κ1) is 12.8. The summed E-state index contributed by atoms with van der Waals surface area (Å²) < 4.78 is 30.0. The van der Waals surface area contributed by atoms with Gasteiger partial charge in [-0.3, -0.25) is 9.71 Å². The zero-order chi connectivity index (χ0) is 12.0. The predicted octanol–water partition coefficient (Wildman–Crippen LogP) is 1.63. The number of anilines is 1. The molecule has 90 valence electrons. The number of nitrogens with one attached hydrogen (secondary N) is 1. The van der Waals surface area contributed by atoms with Crippen LogP contribution in [-0.4, -0.2) is 26.3 Å². The second kappa shape index (κ2) is 5.69. The molecule has 0 saturated heterocycles. The third-order valence-corrected chi connectivity index (χ3v) is 2.42. The third-order valence-electron chi connectivity index (χ3n) is 1.83. The third kappa shape index (κ3) is 4.48. The van der Waals surface area contributed by atoms with Crippen molar-refractivity contribution in [3.63, 3.8) is 0 Å². The van der Waals surface area contributed by atoms with Crippen molar-refractivity contribution < 1.29 is 13.2 Å². The number of hydrogen-bond donors (Lipinski definition) is 1. The van der Waals surface area contributed by atoms with Crippen molar-refractivity contribution >= 4 is 15.7 Å². The molecule has 1 aromatic heterocycles. The van der Waals surface area contributed by atoms with Gasteiger partial charge in [0.15, 0.2) is 0 Å². The fourth-order valence-corrected chi connectivity index (χ4v) is 1.66. The number of sulfonamides is 1. The first-order valence-electron chi connectivity index (χ1n) is 5.07. The van der Waals surface area contributed by atoms with E-state index in [9.17, 15) is 8.42 Å². The van der Waals surface area contributed by atoms with Crippen LogP contribution in [0, 0.1) is 0 Å². The SMILES string of the molecule is CCCCOc1ccncc1NS(C)(=O)=O. The summed E-state index contributed by atoms with van der Waals surface area (Å²) in [7, 11) is -3.30. The fourth-order valence-electron chi connectivity index (χ4n) is 1.11. The van der Waals surface area contributed by atoms with Gasteiger partial charge >= 0.3 is 0 Å². The molecule has 0 fully saturated rings. The first-order chi connectivity index (χ1) is 7.53. The molecule has 1 aromatic rings. The van der Waals surface area contributed by atoms with Gasteiger partial charge in [-0.25, -0.2) is 8.42 Å². The van der Waals surface area contributed by atoms with E-state index >= 15 is 0 Å². The zero-order valence-electron chi connectivity index (χ0n) is 9.43. The molecule has 0 saturated carbocycles. The number of ether oxygens (including phenoxy) is 1. The van der Waals surface area contributed by atoms with Gasteiger partial charge in [-0.15, -0.1) is 0 Å². The van der Waals surface area contributed by atoms with E-state index < -0.39 is 10.0 Å². The molecule has 1 N–H and O–H groups in total. The summed E-state index contributed by atoms with van der Waals surface area (Å²) in [5, 5.41) is 0. The smallest absolute Gasteiger partial charge is 0.229 e. The summed E-state index contributed by atoms with van der Waals surface area (Å²) in [4.78, 5) is 3.85. The van der Waals surface area contributed by atoms with Crippen LogP contribution in [0.2, 0.25) is 0 Å². The van der Waals surface area contributed by atoms with Crippen molar-refractivity contribution in [2.45, 2.75) is 19.8 Å². The summed E-state index contributed by atoms with van der Waals surface area (Å²) in [6, 6.07) is 1.64. The molecule has 16 heavy (non-hydrogen) atoms. The van der Waals surface area contributed by atoms with Crippen LogP contribution in [0.5, 0.6) is 5.75 Å². The standard InChI is InChI=1S/C10H16N2O3S/c1-3-4-7-15-10-5-6-11-8-9(10)12-16(2,13)14/h5-6,8,12H,3-4,7H2,1-2H3. The molecule has 1 heterocycles. The Morgan fingerprint density at radius 1 is 1.50 bits per heavy atom. The molecule has 0 aliphatic rings. The van der Waals surface area contributed by atoms with Gasteiger partial charge in [-0.05, 0) is 6.42 Å². The maximum Gasteiger partial charge on any atom is 0.229 e. The molecule has 0 radical (unpaired) electrons. The van der Waals surface area contributed by atoms with Gasteiger partial charge in [-0.2, -0.15) is 0 Å². The van der Waals surface area contributed by atoms with Crippen molar-refractivity contribution in [1.82, 2.24) is 4.98 Å². The minimum absolute atomic E-state index is 0.376. The van der Waals surface area contributed by atoms with E-state index in [0.29, 0.717) is 18.0 Å². The fraction of sp³-hybridized carbons (Fsp3) is 0.500. The number of nitrogens with zero attached hydrogens (tertiary/aromatic N) is 1. The maximum absolute atomic E-state index is 11.1. The first-order valence-corrected chi connectivity index (χ1v) is 6.96. The number of unbranched alkanes of at least 4 members (excludes halogenated alkanes) is 1. The molecular weight excluding hydrogens is 228 g/mol. The van der Waals surface area contributed by atoms with Gasteiger partial charge < -0.3 is 4.74 Å². The quantitative estimate of drug-likeness (QED) is 0.772. The Morgan fingerprint density at radius 3 is 2.88 bits per heavy atom. The second-order valence-electron chi connectivity index (χ2n) is 3.45. The highest BCUT2D eigenvalue weighted by molar-refractivity contribution is 7.92. The number of rotatable bonds is 6. The minimum Gasteiger partial charge on any atom is -0.491 e. The average Bonchev–Trinajstić information content (AvgIpc) is 2.19. The van der Waals surface area contributed by atoms with Gasteiger partial charge in [0.2, 0.25) is 10.0 Å². The highest BCUT2D eigenvalue weighted by Gasteiger charge is 2.08. The van der Waals surface area contributed by atoms with Crippen LogP contribution in [0.4, 0.5) is 5.69 Å². The Balaban J connectivity index is 2.75. The Labute approximate surface area is 95.9 Å². The van der Waals surface area contributed by atoms with Crippen LogP contribution in [-0.2, 0) is 10.0 Å². The van der Waals surface area contributed by atoms with Gasteiger partial charge in [0.25, 0.3) is 0 Å². The highest BCUT2D eigenvalue weighted by atomic mass is 32.2. The molecule has 0 spiro atoms. The Hall–Kier alpha value is -1.30. The van der Waals surface area contributed by atoms with Crippen LogP contribution in [0.25, 0.3) is 0 Å². The molecule has 1 rings (SSSR count). The zero-order valence-corrected chi connectivity index (χ0v) is 10.3. The van der Waals surface area contributed by atoms with E-state index in [1.54, 1.807) is 12.3 Å². The van der Waals surface area contributed by atoms with Crippen LogP contribution >= 0.6 is 0 Å². The maximum atomic E-state index is 11.1. The van der Waals surface area contributed by atoms with Gasteiger partial charge in [0, 0.05) is 12.3 Å². The average molecular weight is 244 g/mol. The van der Waals surface area contributed by atoms with Crippen LogP contribution in [0.3, 0.4) is 0 Å². The molecule has 6 heteroatoms. The molecule has 0 aliphatic heterocycles. The molecule has 0 aromatic carbocycles. The lowest BCUT2D eigenvalue weighted by Crippen LogP contribution is -2.11. The summed E-state index contributed by atoms with van der Waals surface area (Å²) >= 11 is 0. The molecule has 0 amide bonds. The summed E-state index contributed by atoms with van der Waals surface area (Å²) in [5.41, 5.74) is 0.376. The van der Waals surface area contributed by atoms with Gasteiger partial charge in [-0.1, -0.05) is 13.3 Å². The lowest BCUT2D eigenvalue weighted by Gasteiger charge is -2.10. The van der Waals surface area contributed by atoms with E-state index in [-0.39, 0.29) is 0 Å². The van der Waals surface area contributed by atoms with Crippen LogP contribution in [0.1, 0.15) is 19.8 Å². The molecule has 0 bridgehead atoms. The van der Waals surface area contributed by atoms with Crippen molar-refractivity contribution in [1.29, 1.82) is 0 Å². The predicted molar refractivity (Wildman–Crippen MR) is 63.1 cm³/mol. The van der Waals surface area contributed by atoms with Crippen LogP contribution < -0.4 is 9.46 Å². The van der Waals surface area contributed by atoms with E-state index in [1.807, 2.05) is 0 Å². The van der Waals surface area contributed by atoms with E-state index in [4.69, 9.17) is 4.74 Å². The number of hydrogen-bond acceptors (Lipinski definition) is 4. The highest BCUT2D eigenvalue weighted by Crippen LogP contribution is 2.23. The Bertz CT molecular complexity index is 431. The molecule has 5 nitrogen and oxygen atoms in total. The number of pyridine rings is 1. The van der Waals surface area contributed by atoms with E-state index in [0.717, 1.165) is 19.1 Å². The van der Waals surface area contributed by atoms with E-state index in [1.165, 1.54) is 6.20 Å². The molecular formula is C10H16N2O3S. The monoisotopic (exact) mass is 244 g/mol. The second-order valence-corrected chi connectivity index (χ2v) is 5.20. The largest absolute Gasteiger partial charge is 0.491 e. The number of aromatic nitrogens is 1. The van der Waals surface area contributed by atoms with Crippen molar-refractivity contribution in [3.8, 4) is 5.75 Å². The van der Waals surface area contributed by atoms with Crippen LogP contribution in [0.15, 0.2) is 18.5 Å². The lowest BCUT2D eigenvalue weighted by atomic mass is 10.3. The summed E-state index contributed by atoms with van der Waals surface area (Å²) in [6.07, 6.45) is 6.05. The molecule has 0 unspecified atom stereocenters. The molecule has 0 aliphatic carbocycles. The van der Waals surface area contributed by atoms with Crippen molar-refractivity contribution in [3.05, 3.63) is 18.5 Å². The normalized spacial score (nSPS) is 11.1. The lowest BCUT2D eigenvalue weighted by molar-refractivity contribution is 0.310. The topological polar surface area (TPSA) is 68.3 Å². The Morgan fingerprint density at radius 2 is 2.25 bits per heavy atom.